The Labute approximate surface area is 115 Å². The highest BCUT2D eigenvalue weighted by atomic mass is 32.2. The normalized spacial score (nSPS) is 10.4. The van der Waals surface area contributed by atoms with Crippen LogP contribution in [0.1, 0.15) is 16.1 Å². The summed E-state index contributed by atoms with van der Waals surface area (Å²) in [6.07, 6.45) is 1.51. The van der Waals surface area contributed by atoms with Crippen LogP contribution in [-0.2, 0) is 5.75 Å². The smallest absolute Gasteiger partial charge is 0.287 e. The van der Waals surface area contributed by atoms with Gasteiger partial charge >= 0.3 is 0 Å². The van der Waals surface area contributed by atoms with Crippen molar-refractivity contribution in [3.63, 3.8) is 0 Å². The van der Waals surface area contributed by atoms with E-state index in [1.807, 2.05) is 30.3 Å². The Morgan fingerprint density at radius 3 is 2.79 bits per heavy atom. The van der Waals surface area contributed by atoms with E-state index in [4.69, 9.17) is 9.52 Å². The van der Waals surface area contributed by atoms with Crippen molar-refractivity contribution in [1.82, 2.24) is 5.32 Å². The minimum Gasteiger partial charge on any atom is -0.459 e. The van der Waals surface area contributed by atoms with E-state index in [0.29, 0.717) is 11.5 Å². The number of nitrogens with one attached hydrogen (secondary N) is 1. The van der Waals surface area contributed by atoms with E-state index in [9.17, 15) is 4.79 Å². The van der Waals surface area contributed by atoms with E-state index < -0.39 is 0 Å². The fourth-order valence-corrected chi connectivity index (χ4v) is 2.48. The molecule has 0 saturated carbocycles. The van der Waals surface area contributed by atoms with Gasteiger partial charge in [-0.05, 0) is 18.2 Å². The van der Waals surface area contributed by atoms with Crippen molar-refractivity contribution in [3.8, 4) is 0 Å². The lowest BCUT2D eigenvalue weighted by molar-refractivity contribution is 0.0916. The summed E-state index contributed by atoms with van der Waals surface area (Å²) in [5.74, 6) is 0.696. The van der Waals surface area contributed by atoms with Gasteiger partial charge in [0.05, 0.1) is 12.9 Å². The lowest BCUT2D eigenvalue weighted by Crippen LogP contribution is -2.26. The Morgan fingerprint density at radius 1 is 1.26 bits per heavy atom. The van der Waals surface area contributed by atoms with Crippen LogP contribution in [0.2, 0.25) is 0 Å². The highest BCUT2D eigenvalue weighted by Gasteiger charge is 2.14. The number of thioether (sulfide) groups is 1. The molecule has 0 fully saturated rings. The van der Waals surface area contributed by atoms with E-state index in [1.54, 1.807) is 17.8 Å². The zero-order chi connectivity index (χ0) is 13.5. The van der Waals surface area contributed by atoms with Crippen molar-refractivity contribution in [3.05, 3.63) is 54.0 Å². The predicted octanol–water partition coefficient (Wildman–Crippen LogP) is 2.29. The summed E-state index contributed by atoms with van der Waals surface area (Å²) in [5.41, 5.74) is 0.851. The first-order chi connectivity index (χ1) is 9.31. The Morgan fingerprint density at radius 2 is 2.05 bits per heavy atom. The van der Waals surface area contributed by atoms with E-state index in [1.165, 1.54) is 6.26 Å². The van der Waals surface area contributed by atoms with Crippen molar-refractivity contribution in [2.24, 2.45) is 0 Å². The van der Waals surface area contributed by atoms with Crippen LogP contribution < -0.4 is 5.32 Å². The van der Waals surface area contributed by atoms with Gasteiger partial charge in [-0.2, -0.15) is 0 Å². The molecule has 0 aliphatic carbocycles. The Balaban J connectivity index is 1.98. The van der Waals surface area contributed by atoms with Gasteiger partial charge in [0.15, 0.2) is 5.76 Å². The maximum absolute atomic E-state index is 11.8. The molecule has 2 rings (SSSR count). The Kier molecular flexibility index (Phi) is 5.06. The van der Waals surface area contributed by atoms with Crippen LogP contribution in [0.4, 0.5) is 0 Å². The fourth-order valence-electron chi connectivity index (χ4n) is 1.58. The van der Waals surface area contributed by atoms with Gasteiger partial charge in [0.1, 0.15) is 0 Å². The molecule has 2 aromatic rings. The van der Waals surface area contributed by atoms with Crippen LogP contribution in [-0.4, -0.2) is 24.2 Å². The van der Waals surface area contributed by atoms with Crippen LogP contribution in [0.5, 0.6) is 0 Å². The Hall–Kier alpha value is -1.72. The number of aliphatic hydroxyl groups excluding tert-OH is 1. The summed E-state index contributed by atoms with van der Waals surface area (Å²) in [7, 11) is 0. The van der Waals surface area contributed by atoms with Crippen molar-refractivity contribution in [1.29, 1.82) is 0 Å². The number of carbonyl (C=O) groups is 1. The average Bonchev–Trinajstić information content (AvgIpc) is 2.92. The molecule has 0 spiro atoms. The minimum absolute atomic E-state index is 0.0828. The highest BCUT2D eigenvalue weighted by molar-refractivity contribution is 7.98. The zero-order valence-electron chi connectivity index (χ0n) is 10.3. The second-order valence-electron chi connectivity index (χ2n) is 3.86. The molecule has 0 atom stereocenters. The molecular formula is C14H15NO3S. The van der Waals surface area contributed by atoms with Gasteiger partial charge in [-0.15, -0.1) is 11.8 Å². The van der Waals surface area contributed by atoms with Crippen molar-refractivity contribution in [2.45, 2.75) is 10.6 Å². The van der Waals surface area contributed by atoms with Gasteiger partial charge in [0, 0.05) is 22.8 Å². The van der Waals surface area contributed by atoms with Gasteiger partial charge in [-0.1, -0.05) is 18.2 Å². The van der Waals surface area contributed by atoms with E-state index in [0.717, 1.165) is 10.5 Å². The molecule has 1 amide bonds. The number of rotatable bonds is 6. The SMILES string of the molecule is O=C(NCCO)c1occc1CSc1ccccc1. The van der Waals surface area contributed by atoms with E-state index >= 15 is 0 Å². The summed E-state index contributed by atoms with van der Waals surface area (Å²) < 4.78 is 5.20. The second-order valence-corrected chi connectivity index (χ2v) is 4.90. The highest BCUT2D eigenvalue weighted by Crippen LogP contribution is 2.24. The molecule has 4 nitrogen and oxygen atoms in total. The molecule has 1 aromatic heterocycles. The van der Waals surface area contributed by atoms with E-state index in [2.05, 4.69) is 5.32 Å². The third-order valence-corrected chi connectivity index (χ3v) is 3.55. The predicted molar refractivity (Wildman–Crippen MR) is 74.1 cm³/mol. The van der Waals surface area contributed by atoms with Crippen molar-refractivity contribution in [2.75, 3.05) is 13.2 Å². The molecule has 0 aliphatic heterocycles. The van der Waals surface area contributed by atoms with E-state index in [-0.39, 0.29) is 19.1 Å². The van der Waals surface area contributed by atoms with Crippen LogP contribution in [0, 0.1) is 0 Å². The minimum atomic E-state index is -0.289. The lowest BCUT2D eigenvalue weighted by atomic mass is 10.2. The summed E-state index contributed by atoms with van der Waals surface area (Å²) in [4.78, 5) is 12.9. The third-order valence-electron chi connectivity index (χ3n) is 2.49. The number of hydrogen-bond donors (Lipinski definition) is 2. The fraction of sp³-hybridized carbons (Fsp3) is 0.214. The van der Waals surface area contributed by atoms with Gasteiger partial charge < -0.3 is 14.8 Å². The molecule has 1 heterocycles. The number of aliphatic hydroxyl groups is 1. The first-order valence-corrected chi connectivity index (χ1v) is 6.93. The summed E-state index contributed by atoms with van der Waals surface area (Å²) in [6.45, 7) is 0.144. The molecule has 100 valence electrons. The maximum Gasteiger partial charge on any atom is 0.287 e. The summed E-state index contributed by atoms with van der Waals surface area (Å²) in [6, 6.07) is 11.8. The van der Waals surface area contributed by atoms with Crippen LogP contribution in [0.15, 0.2) is 52.0 Å². The summed E-state index contributed by atoms with van der Waals surface area (Å²) in [5, 5.41) is 11.3. The lowest BCUT2D eigenvalue weighted by Gasteiger charge is -2.04. The van der Waals surface area contributed by atoms with Crippen LogP contribution in [0.25, 0.3) is 0 Å². The Bertz CT molecular complexity index is 524. The van der Waals surface area contributed by atoms with Gasteiger partial charge in [0.25, 0.3) is 5.91 Å². The molecule has 0 aliphatic rings. The standard InChI is InChI=1S/C14H15NO3S/c16-8-7-15-14(17)13-11(6-9-18-13)10-19-12-4-2-1-3-5-12/h1-6,9,16H,7-8,10H2,(H,15,17). The molecule has 0 saturated heterocycles. The van der Waals surface area contributed by atoms with Crippen molar-refractivity contribution < 1.29 is 14.3 Å². The summed E-state index contributed by atoms with van der Waals surface area (Å²) >= 11 is 1.64. The first kappa shape index (κ1) is 13.7. The molecular weight excluding hydrogens is 262 g/mol. The molecule has 2 N–H and O–H groups in total. The topological polar surface area (TPSA) is 62.5 Å². The monoisotopic (exact) mass is 277 g/mol. The molecule has 5 heteroatoms. The van der Waals surface area contributed by atoms with Crippen LogP contribution >= 0.6 is 11.8 Å². The quantitative estimate of drug-likeness (QED) is 0.795. The molecule has 0 unspecified atom stereocenters. The zero-order valence-corrected chi connectivity index (χ0v) is 11.2. The van der Waals surface area contributed by atoms with Gasteiger partial charge in [-0.3, -0.25) is 4.79 Å². The largest absolute Gasteiger partial charge is 0.459 e. The number of furan rings is 1. The first-order valence-electron chi connectivity index (χ1n) is 5.94. The van der Waals surface area contributed by atoms with Crippen molar-refractivity contribution >= 4 is 17.7 Å². The third kappa shape index (κ3) is 3.87. The number of carbonyl (C=O) groups excluding carboxylic acids is 1. The van der Waals surface area contributed by atoms with Gasteiger partial charge in [0.2, 0.25) is 0 Å². The van der Waals surface area contributed by atoms with Crippen LogP contribution in [0.3, 0.4) is 0 Å². The number of hydrogen-bond acceptors (Lipinski definition) is 4. The molecule has 19 heavy (non-hydrogen) atoms. The number of benzene rings is 1. The molecule has 0 bridgehead atoms. The second kappa shape index (κ2) is 7.01. The number of amides is 1. The maximum atomic E-state index is 11.8. The molecule has 0 radical (unpaired) electrons. The average molecular weight is 277 g/mol. The molecule has 1 aromatic carbocycles. The van der Waals surface area contributed by atoms with Gasteiger partial charge in [-0.25, -0.2) is 0 Å².